The van der Waals surface area contributed by atoms with Gasteiger partial charge < -0.3 is 5.73 Å². The Hall–Kier alpha value is -1.01. The van der Waals surface area contributed by atoms with Gasteiger partial charge in [0, 0.05) is 16.0 Å². The quantitative estimate of drug-likeness (QED) is 0.813. The lowest BCUT2D eigenvalue weighted by atomic mass is 10.2. The summed E-state index contributed by atoms with van der Waals surface area (Å²) in [5.74, 6) is -0.543. The molecule has 0 aliphatic rings. The van der Waals surface area contributed by atoms with E-state index in [0.29, 0.717) is 20.9 Å². The predicted octanol–water partition coefficient (Wildman–Crippen LogP) is 2.69. The Balaban J connectivity index is 2.55. The average Bonchev–Trinajstić information content (AvgIpc) is 2.56. The lowest BCUT2D eigenvalue weighted by Crippen LogP contribution is -1.89. The molecule has 2 aromatic rings. The minimum atomic E-state index is -0.543. The first-order valence-electron chi connectivity index (χ1n) is 3.69. The summed E-state index contributed by atoms with van der Waals surface area (Å²) in [6, 6.07) is 1.62. The van der Waals surface area contributed by atoms with E-state index in [2.05, 4.69) is 25.9 Å². The van der Waals surface area contributed by atoms with Crippen molar-refractivity contribution in [3.63, 3.8) is 0 Å². The molecule has 0 amide bonds. The van der Waals surface area contributed by atoms with E-state index in [1.165, 1.54) is 17.5 Å². The minimum Gasteiger partial charge on any atom is -0.375 e. The molecular formula is C8H5BrFN3S. The minimum absolute atomic E-state index is 0.354. The van der Waals surface area contributed by atoms with Crippen LogP contribution in [0.25, 0.3) is 11.3 Å². The fourth-order valence-corrected chi connectivity index (χ4v) is 1.91. The van der Waals surface area contributed by atoms with Crippen molar-refractivity contribution in [2.45, 2.75) is 0 Å². The van der Waals surface area contributed by atoms with E-state index in [1.807, 2.05) is 0 Å². The molecule has 2 N–H and O–H groups in total. The Bertz CT molecular complexity index is 471. The van der Waals surface area contributed by atoms with E-state index in [-0.39, 0.29) is 0 Å². The van der Waals surface area contributed by atoms with Crippen LogP contribution in [0.3, 0.4) is 0 Å². The fraction of sp³-hybridized carbons (Fsp3) is 0. The monoisotopic (exact) mass is 273 g/mol. The zero-order chi connectivity index (χ0) is 10.1. The highest BCUT2D eigenvalue weighted by atomic mass is 79.9. The van der Waals surface area contributed by atoms with Crippen LogP contribution in [-0.4, -0.2) is 9.97 Å². The van der Waals surface area contributed by atoms with Crippen LogP contribution in [0.5, 0.6) is 0 Å². The average molecular weight is 274 g/mol. The maximum atomic E-state index is 13.3. The molecule has 2 rings (SSSR count). The van der Waals surface area contributed by atoms with Crippen LogP contribution in [0, 0.1) is 5.95 Å². The molecule has 0 spiro atoms. The van der Waals surface area contributed by atoms with E-state index in [0.717, 1.165) is 0 Å². The van der Waals surface area contributed by atoms with Crippen molar-refractivity contribution in [1.29, 1.82) is 0 Å². The first kappa shape index (κ1) is 9.54. The third-order valence-electron chi connectivity index (χ3n) is 1.60. The standard InChI is InChI=1S/C8H5BrFN3S/c9-4-1-5(7(10)12-2-4)6-3-14-8(11)13-6/h1-3H,(H2,11,13). The third kappa shape index (κ3) is 1.76. The number of rotatable bonds is 1. The van der Waals surface area contributed by atoms with Crippen LogP contribution in [-0.2, 0) is 0 Å². The van der Waals surface area contributed by atoms with Crippen molar-refractivity contribution in [2.75, 3.05) is 5.73 Å². The van der Waals surface area contributed by atoms with Crippen molar-refractivity contribution in [3.05, 3.63) is 28.1 Å². The van der Waals surface area contributed by atoms with E-state index >= 15 is 0 Å². The molecule has 0 aliphatic heterocycles. The molecule has 0 saturated heterocycles. The molecule has 0 saturated carbocycles. The van der Waals surface area contributed by atoms with Gasteiger partial charge in [-0.25, -0.2) is 9.97 Å². The number of aromatic nitrogens is 2. The Morgan fingerprint density at radius 3 is 2.93 bits per heavy atom. The molecule has 0 radical (unpaired) electrons. The van der Waals surface area contributed by atoms with E-state index in [4.69, 9.17) is 5.73 Å². The second-order valence-corrected chi connectivity index (χ2v) is 4.37. The Morgan fingerprint density at radius 1 is 1.50 bits per heavy atom. The van der Waals surface area contributed by atoms with Gasteiger partial charge in [0.25, 0.3) is 0 Å². The molecule has 2 aromatic heterocycles. The second-order valence-electron chi connectivity index (χ2n) is 2.56. The number of anilines is 1. The number of pyridine rings is 1. The zero-order valence-corrected chi connectivity index (χ0v) is 9.27. The van der Waals surface area contributed by atoms with Gasteiger partial charge in [-0.15, -0.1) is 11.3 Å². The highest BCUT2D eigenvalue weighted by Gasteiger charge is 2.09. The Kier molecular flexibility index (Phi) is 2.47. The number of hydrogen-bond acceptors (Lipinski definition) is 4. The second kappa shape index (κ2) is 3.62. The molecule has 0 aliphatic carbocycles. The predicted molar refractivity (Wildman–Crippen MR) is 57.4 cm³/mol. The first-order chi connectivity index (χ1) is 6.66. The van der Waals surface area contributed by atoms with Crippen LogP contribution < -0.4 is 5.73 Å². The largest absolute Gasteiger partial charge is 0.375 e. The van der Waals surface area contributed by atoms with Crippen LogP contribution >= 0.6 is 27.3 Å². The Labute approximate surface area is 91.9 Å². The summed E-state index contributed by atoms with van der Waals surface area (Å²) >= 11 is 4.49. The summed E-state index contributed by atoms with van der Waals surface area (Å²) in [5.41, 5.74) is 6.32. The van der Waals surface area contributed by atoms with Crippen LogP contribution in [0.1, 0.15) is 0 Å². The van der Waals surface area contributed by atoms with E-state index < -0.39 is 5.95 Å². The van der Waals surface area contributed by atoms with Gasteiger partial charge in [-0.3, -0.25) is 0 Å². The molecular weight excluding hydrogens is 269 g/mol. The van der Waals surface area contributed by atoms with Crippen molar-refractivity contribution in [2.24, 2.45) is 0 Å². The SMILES string of the molecule is Nc1nc(-c2cc(Br)cnc2F)cs1. The molecule has 0 unspecified atom stereocenters. The third-order valence-corrected chi connectivity index (χ3v) is 2.71. The highest BCUT2D eigenvalue weighted by Crippen LogP contribution is 2.26. The lowest BCUT2D eigenvalue weighted by molar-refractivity contribution is 0.586. The zero-order valence-electron chi connectivity index (χ0n) is 6.87. The van der Waals surface area contributed by atoms with Gasteiger partial charge in [0.15, 0.2) is 5.13 Å². The van der Waals surface area contributed by atoms with Gasteiger partial charge in [0.05, 0.1) is 11.3 Å². The fourth-order valence-electron chi connectivity index (χ4n) is 1.01. The number of hydrogen-bond donors (Lipinski definition) is 1. The normalized spacial score (nSPS) is 10.4. The molecule has 2 heterocycles. The molecule has 14 heavy (non-hydrogen) atoms. The number of nitrogens with zero attached hydrogens (tertiary/aromatic N) is 2. The van der Waals surface area contributed by atoms with Gasteiger partial charge in [0.2, 0.25) is 5.95 Å². The van der Waals surface area contributed by atoms with Crippen molar-refractivity contribution in [3.8, 4) is 11.3 Å². The highest BCUT2D eigenvalue weighted by molar-refractivity contribution is 9.10. The maximum Gasteiger partial charge on any atom is 0.222 e. The number of halogens is 2. The van der Waals surface area contributed by atoms with Gasteiger partial charge in [-0.2, -0.15) is 4.39 Å². The molecule has 0 aromatic carbocycles. The summed E-state index contributed by atoms with van der Waals surface area (Å²) in [4.78, 5) is 7.55. The van der Waals surface area contributed by atoms with E-state index in [1.54, 1.807) is 11.4 Å². The summed E-state index contributed by atoms with van der Waals surface area (Å²) < 4.78 is 14.0. The lowest BCUT2D eigenvalue weighted by Gasteiger charge is -1.98. The molecule has 0 fully saturated rings. The maximum absolute atomic E-state index is 13.3. The number of nitrogen functional groups attached to an aromatic ring is 1. The summed E-state index contributed by atoms with van der Waals surface area (Å²) in [6.45, 7) is 0. The molecule has 72 valence electrons. The summed E-state index contributed by atoms with van der Waals surface area (Å²) in [5, 5.41) is 2.11. The van der Waals surface area contributed by atoms with Gasteiger partial charge in [-0.1, -0.05) is 0 Å². The van der Waals surface area contributed by atoms with Gasteiger partial charge >= 0.3 is 0 Å². The van der Waals surface area contributed by atoms with E-state index in [9.17, 15) is 4.39 Å². The number of nitrogens with two attached hydrogens (primary N) is 1. The molecule has 3 nitrogen and oxygen atoms in total. The van der Waals surface area contributed by atoms with Crippen molar-refractivity contribution < 1.29 is 4.39 Å². The number of thiazole rings is 1. The molecule has 0 atom stereocenters. The van der Waals surface area contributed by atoms with Gasteiger partial charge in [-0.05, 0) is 22.0 Å². The van der Waals surface area contributed by atoms with Crippen LogP contribution in [0.4, 0.5) is 9.52 Å². The van der Waals surface area contributed by atoms with Crippen molar-refractivity contribution >= 4 is 32.4 Å². The molecule has 6 heteroatoms. The summed E-state index contributed by atoms with van der Waals surface area (Å²) in [6.07, 6.45) is 1.40. The molecule has 0 bridgehead atoms. The van der Waals surface area contributed by atoms with Crippen LogP contribution in [0.2, 0.25) is 0 Å². The first-order valence-corrected chi connectivity index (χ1v) is 5.36. The van der Waals surface area contributed by atoms with Crippen LogP contribution in [0.15, 0.2) is 22.1 Å². The summed E-state index contributed by atoms with van der Waals surface area (Å²) in [7, 11) is 0. The van der Waals surface area contributed by atoms with Crippen molar-refractivity contribution in [1.82, 2.24) is 9.97 Å². The van der Waals surface area contributed by atoms with Gasteiger partial charge in [0.1, 0.15) is 0 Å². The Morgan fingerprint density at radius 2 is 2.29 bits per heavy atom. The topological polar surface area (TPSA) is 51.8 Å². The smallest absolute Gasteiger partial charge is 0.222 e.